The van der Waals surface area contributed by atoms with Gasteiger partial charge >= 0.3 is 0 Å². The SMILES string of the molecule is CC1CC(N)(CC(N)=O)C(C)O1. The minimum absolute atomic E-state index is 0.0833. The molecule has 1 fully saturated rings. The molecule has 1 amide bonds. The molecular formula is C8H16N2O2. The fraction of sp³-hybridized carbons (Fsp3) is 0.875. The van der Waals surface area contributed by atoms with Crippen LogP contribution in [-0.4, -0.2) is 23.7 Å². The summed E-state index contributed by atoms with van der Waals surface area (Å²) in [6.07, 6.45) is 0.958. The van der Waals surface area contributed by atoms with Gasteiger partial charge in [0, 0.05) is 6.42 Å². The number of hydrogen-bond donors (Lipinski definition) is 2. The fourth-order valence-corrected chi connectivity index (χ4v) is 1.77. The van der Waals surface area contributed by atoms with Crippen molar-refractivity contribution in [3.05, 3.63) is 0 Å². The van der Waals surface area contributed by atoms with Crippen LogP contribution >= 0.6 is 0 Å². The number of amides is 1. The zero-order valence-electron chi connectivity index (χ0n) is 7.54. The van der Waals surface area contributed by atoms with Gasteiger partial charge in [0.25, 0.3) is 0 Å². The molecule has 0 bridgehead atoms. The number of rotatable bonds is 2. The topological polar surface area (TPSA) is 78.3 Å². The lowest BCUT2D eigenvalue weighted by molar-refractivity contribution is -0.119. The number of carbonyl (C=O) groups is 1. The van der Waals surface area contributed by atoms with Gasteiger partial charge in [0.15, 0.2) is 0 Å². The lowest BCUT2D eigenvalue weighted by atomic mass is 9.88. The molecule has 4 heteroatoms. The molecule has 0 saturated carbocycles. The third-order valence-corrected chi connectivity index (χ3v) is 2.42. The molecule has 0 radical (unpaired) electrons. The van der Waals surface area contributed by atoms with Gasteiger partial charge in [-0.15, -0.1) is 0 Å². The summed E-state index contributed by atoms with van der Waals surface area (Å²) in [5.74, 6) is -0.359. The molecule has 4 N–H and O–H groups in total. The number of nitrogens with two attached hydrogens (primary N) is 2. The molecule has 0 aromatic carbocycles. The molecule has 70 valence electrons. The maximum Gasteiger partial charge on any atom is 0.219 e. The average Bonchev–Trinajstić information content (AvgIpc) is 2.04. The molecule has 1 aliphatic heterocycles. The Kier molecular flexibility index (Phi) is 2.39. The number of ether oxygens (including phenoxy) is 1. The standard InChI is InChI=1S/C8H16N2O2/c1-5-3-8(10,4-7(9)11)6(2)12-5/h5-6H,3-4,10H2,1-2H3,(H2,9,11). The van der Waals surface area contributed by atoms with Crippen molar-refractivity contribution in [3.63, 3.8) is 0 Å². The molecule has 0 aromatic heterocycles. The van der Waals surface area contributed by atoms with Crippen molar-refractivity contribution < 1.29 is 9.53 Å². The molecule has 4 nitrogen and oxygen atoms in total. The number of primary amides is 1. The fourth-order valence-electron chi connectivity index (χ4n) is 1.77. The lowest BCUT2D eigenvalue weighted by Gasteiger charge is -2.25. The highest BCUT2D eigenvalue weighted by molar-refractivity contribution is 5.75. The largest absolute Gasteiger partial charge is 0.374 e. The molecule has 1 aliphatic rings. The van der Waals surface area contributed by atoms with E-state index in [0.29, 0.717) is 6.42 Å². The summed E-state index contributed by atoms with van der Waals surface area (Å²) in [6, 6.07) is 0. The Bertz CT molecular complexity index is 195. The van der Waals surface area contributed by atoms with Gasteiger partial charge in [-0.05, 0) is 20.3 Å². The molecule has 1 saturated heterocycles. The molecular weight excluding hydrogens is 156 g/mol. The lowest BCUT2D eigenvalue weighted by Crippen LogP contribution is -2.48. The highest BCUT2D eigenvalue weighted by atomic mass is 16.5. The Labute approximate surface area is 72.2 Å². The van der Waals surface area contributed by atoms with Crippen molar-refractivity contribution in [1.29, 1.82) is 0 Å². The molecule has 3 atom stereocenters. The van der Waals surface area contributed by atoms with Gasteiger partial charge in [0.2, 0.25) is 5.91 Å². The van der Waals surface area contributed by atoms with Gasteiger partial charge in [-0.2, -0.15) is 0 Å². The second-order valence-corrected chi connectivity index (χ2v) is 3.67. The summed E-state index contributed by atoms with van der Waals surface area (Å²) < 4.78 is 5.44. The van der Waals surface area contributed by atoms with Gasteiger partial charge < -0.3 is 16.2 Å². The second-order valence-electron chi connectivity index (χ2n) is 3.67. The van der Waals surface area contributed by atoms with E-state index in [9.17, 15) is 4.79 Å². The van der Waals surface area contributed by atoms with Gasteiger partial charge in [-0.25, -0.2) is 0 Å². The predicted molar refractivity (Wildman–Crippen MR) is 45.4 cm³/mol. The predicted octanol–water partition coefficient (Wildman–Crippen LogP) is -0.243. The zero-order chi connectivity index (χ0) is 9.35. The molecule has 12 heavy (non-hydrogen) atoms. The van der Waals surface area contributed by atoms with Crippen molar-refractivity contribution in [3.8, 4) is 0 Å². The van der Waals surface area contributed by atoms with Crippen molar-refractivity contribution >= 4 is 5.91 Å². The quantitative estimate of drug-likeness (QED) is 0.603. The first-order chi connectivity index (χ1) is 5.44. The van der Waals surface area contributed by atoms with Gasteiger partial charge in [0.05, 0.1) is 17.7 Å². The maximum atomic E-state index is 10.7. The van der Waals surface area contributed by atoms with Gasteiger partial charge in [-0.1, -0.05) is 0 Å². The van der Waals surface area contributed by atoms with E-state index in [2.05, 4.69) is 0 Å². The van der Waals surface area contributed by atoms with Crippen LogP contribution < -0.4 is 11.5 Å². The van der Waals surface area contributed by atoms with Crippen LogP contribution in [-0.2, 0) is 9.53 Å². The van der Waals surface area contributed by atoms with E-state index in [1.54, 1.807) is 0 Å². The third kappa shape index (κ3) is 1.76. The number of hydrogen-bond acceptors (Lipinski definition) is 3. The zero-order valence-corrected chi connectivity index (χ0v) is 7.54. The molecule has 0 aliphatic carbocycles. The Balaban J connectivity index is 2.64. The monoisotopic (exact) mass is 172 g/mol. The maximum absolute atomic E-state index is 10.7. The molecule has 0 spiro atoms. The Morgan fingerprint density at radius 1 is 1.67 bits per heavy atom. The highest BCUT2D eigenvalue weighted by Gasteiger charge is 2.42. The van der Waals surface area contributed by atoms with Gasteiger partial charge in [-0.3, -0.25) is 4.79 Å². The van der Waals surface area contributed by atoms with Crippen LogP contribution in [0.4, 0.5) is 0 Å². The normalized spacial score (nSPS) is 41.6. The average molecular weight is 172 g/mol. The van der Waals surface area contributed by atoms with E-state index >= 15 is 0 Å². The minimum Gasteiger partial charge on any atom is -0.374 e. The highest BCUT2D eigenvalue weighted by Crippen LogP contribution is 2.30. The van der Waals surface area contributed by atoms with E-state index in [1.165, 1.54) is 0 Å². The van der Waals surface area contributed by atoms with Crippen molar-refractivity contribution in [2.45, 2.75) is 44.4 Å². The number of carbonyl (C=O) groups excluding carboxylic acids is 1. The Hall–Kier alpha value is -0.610. The molecule has 3 unspecified atom stereocenters. The van der Waals surface area contributed by atoms with Crippen LogP contribution in [0.1, 0.15) is 26.7 Å². The first kappa shape index (κ1) is 9.48. The smallest absolute Gasteiger partial charge is 0.219 e. The van der Waals surface area contributed by atoms with E-state index in [1.807, 2.05) is 13.8 Å². The summed E-state index contributed by atoms with van der Waals surface area (Å²) in [5.41, 5.74) is 10.5. The first-order valence-corrected chi connectivity index (χ1v) is 4.17. The van der Waals surface area contributed by atoms with Crippen LogP contribution in [0.5, 0.6) is 0 Å². The Morgan fingerprint density at radius 3 is 2.58 bits per heavy atom. The van der Waals surface area contributed by atoms with Crippen LogP contribution in [0.25, 0.3) is 0 Å². The van der Waals surface area contributed by atoms with Gasteiger partial charge in [0.1, 0.15) is 0 Å². The second kappa shape index (κ2) is 3.03. The minimum atomic E-state index is -0.550. The summed E-state index contributed by atoms with van der Waals surface area (Å²) >= 11 is 0. The van der Waals surface area contributed by atoms with Crippen LogP contribution in [0.15, 0.2) is 0 Å². The van der Waals surface area contributed by atoms with E-state index in [0.717, 1.165) is 0 Å². The molecule has 1 rings (SSSR count). The third-order valence-electron chi connectivity index (χ3n) is 2.42. The molecule has 1 heterocycles. The van der Waals surface area contributed by atoms with E-state index < -0.39 is 5.54 Å². The summed E-state index contributed by atoms with van der Waals surface area (Å²) in [6.45, 7) is 3.83. The summed E-state index contributed by atoms with van der Waals surface area (Å²) in [7, 11) is 0. The van der Waals surface area contributed by atoms with Crippen LogP contribution in [0.3, 0.4) is 0 Å². The van der Waals surface area contributed by atoms with Crippen LogP contribution in [0, 0.1) is 0 Å². The summed E-state index contributed by atoms with van der Waals surface area (Å²) in [5, 5.41) is 0. The van der Waals surface area contributed by atoms with E-state index in [4.69, 9.17) is 16.2 Å². The van der Waals surface area contributed by atoms with Crippen molar-refractivity contribution in [2.75, 3.05) is 0 Å². The van der Waals surface area contributed by atoms with Crippen molar-refractivity contribution in [2.24, 2.45) is 11.5 Å². The van der Waals surface area contributed by atoms with Crippen molar-refractivity contribution in [1.82, 2.24) is 0 Å². The Morgan fingerprint density at radius 2 is 2.25 bits per heavy atom. The van der Waals surface area contributed by atoms with E-state index in [-0.39, 0.29) is 24.5 Å². The van der Waals surface area contributed by atoms with Crippen LogP contribution in [0.2, 0.25) is 0 Å². The molecule has 0 aromatic rings. The first-order valence-electron chi connectivity index (χ1n) is 4.17. The summed E-state index contributed by atoms with van der Waals surface area (Å²) in [4.78, 5) is 10.7.